The predicted molar refractivity (Wildman–Crippen MR) is 99.1 cm³/mol. The van der Waals surface area contributed by atoms with E-state index in [-0.39, 0.29) is 0 Å². The number of fused-ring (bicyclic) bond motifs is 1. The summed E-state index contributed by atoms with van der Waals surface area (Å²) in [6.07, 6.45) is 5.55. The molecular weight excluding hydrogens is 312 g/mol. The monoisotopic (exact) mass is 329 g/mol. The second-order valence-electron chi connectivity index (χ2n) is 5.74. The third kappa shape index (κ3) is 2.80. The van der Waals surface area contributed by atoms with Crippen LogP contribution in [-0.4, -0.2) is 21.6 Å². The highest BCUT2D eigenvalue weighted by atomic mass is 16.5. The number of hydrogen-bond acceptors (Lipinski definition) is 4. The van der Waals surface area contributed by atoms with E-state index in [1.54, 1.807) is 19.5 Å². The number of aryl methyl sites for hydroxylation is 1. The van der Waals surface area contributed by atoms with Crippen LogP contribution >= 0.6 is 0 Å². The number of nitrogens with zero attached hydrogens (tertiary/aromatic N) is 3. The first-order chi connectivity index (χ1) is 12.3. The molecular formula is C20H17N4O. The fourth-order valence-electron chi connectivity index (χ4n) is 2.90. The highest BCUT2D eigenvalue weighted by Crippen LogP contribution is 2.31. The molecule has 0 saturated carbocycles. The van der Waals surface area contributed by atoms with E-state index >= 15 is 0 Å². The minimum absolute atomic E-state index is 0.726. The number of ether oxygens (including phenoxy) is 1. The zero-order valence-electron chi connectivity index (χ0n) is 14.0. The van der Waals surface area contributed by atoms with Gasteiger partial charge in [0.1, 0.15) is 11.6 Å². The summed E-state index contributed by atoms with van der Waals surface area (Å²) >= 11 is 0. The maximum atomic E-state index is 5.37. The van der Waals surface area contributed by atoms with Crippen molar-refractivity contribution >= 4 is 22.3 Å². The highest BCUT2D eigenvalue weighted by Gasteiger charge is 2.09. The van der Waals surface area contributed by atoms with E-state index in [1.165, 1.54) is 0 Å². The van der Waals surface area contributed by atoms with Crippen molar-refractivity contribution in [3.05, 3.63) is 67.3 Å². The molecule has 0 spiro atoms. The Morgan fingerprint density at radius 3 is 2.92 bits per heavy atom. The molecule has 4 aromatic rings. The van der Waals surface area contributed by atoms with Crippen LogP contribution < -0.4 is 10.1 Å². The quantitative estimate of drug-likeness (QED) is 0.610. The average Bonchev–Trinajstić information content (AvgIpc) is 3.07. The van der Waals surface area contributed by atoms with Gasteiger partial charge in [-0.2, -0.15) is 0 Å². The van der Waals surface area contributed by atoms with Crippen molar-refractivity contribution in [1.29, 1.82) is 0 Å². The van der Waals surface area contributed by atoms with Crippen molar-refractivity contribution in [1.82, 2.24) is 14.5 Å². The molecule has 5 nitrogen and oxygen atoms in total. The number of imidazole rings is 1. The SMILES string of the molecule is COc1c[c]ccc1Nc1cc2c(-c3cncn3C)cccc2cn1. The number of pyridine rings is 1. The molecule has 0 amide bonds. The first-order valence-electron chi connectivity index (χ1n) is 7.93. The molecule has 0 unspecified atom stereocenters. The van der Waals surface area contributed by atoms with Crippen LogP contribution in [0.1, 0.15) is 0 Å². The Bertz CT molecular complexity index is 1040. The Kier molecular flexibility index (Phi) is 3.82. The molecule has 1 N–H and O–H groups in total. The average molecular weight is 329 g/mol. The summed E-state index contributed by atoms with van der Waals surface area (Å²) in [5, 5.41) is 5.52. The van der Waals surface area contributed by atoms with E-state index in [0.717, 1.165) is 39.3 Å². The van der Waals surface area contributed by atoms with Crippen molar-refractivity contribution in [3.8, 4) is 17.0 Å². The lowest BCUT2D eigenvalue weighted by atomic mass is 10.0. The van der Waals surface area contributed by atoms with Crippen LogP contribution in [0.3, 0.4) is 0 Å². The highest BCUT2D eigenvalue weighted by molar-refractivity contribution is 5.97. The Hall–Kier alpha value is -3.34. The van der Waals surface area contributed by atoms with Crippen LogP contribution in [0.15, 0.2) is 61.2 Å². The molecule has 0 fully saturated rings. The Morgan fingerprint density at radius 2 is 2.12 bits per heavy atom. The van der Waals surface area contributed by atoms with Gasteiger partial charge in [0.2, 0.25) is 0 Å². The van der Waals surface area contributed by atoms with Crippen LogP contribution in [0.25, 0.3) is 22.0 Å². The lowest BCUT2D eigenvalue weighted by molar-refractivity contribution is 0.416. The van der Waals surface area contributed by atoms with Crippen LogP contribution in [0, 0.1) is 6.07 Å². The summed E-state index contributed by atoms with van der Waals surface area (Å²) in [5.41, 5.74) is 3.04. The van der Waals surface area contributed by atoms with E-state index in [1.807, 2.05) is 48.3 Å². The summed E-state index contributed by atoms with van der Waals surface area (Å²) < 4.78 is 7.38. The number of aromatic nitrogens is 3. The first-order valence-corrected chi connectivity index (χ1v) is 7.93. The van der Waals surface area contributed by atoms with Gasteiger partial charge < -0.3 is 14.6 Å². The molecule has 0 aliphatic rings. The molecule has 4 rings (SSSR count). The van der Waals surface area contributed by atoms with Gasteiger partial charge >= 0.3 is 0 Å². The van der Waals surface area contributed by atoms with Crippen LogP contribution in [0.4, 0.5) is 11.5 Å². The maximum Gasteiger partial charge on any atom is 0.142 e. The number of nitrogens with one attached hydrogen (secondary N) is 1. The number of anilines is 2. The van der Waals surface area contributed by atoms with Gasteiger partial charge in [0.25, 0.3) is 0 Å². The Morgan fingerprint density at radius 1 is 1.20 bits per heavy atom. The first kappa shape index (κ1) is 15.2. The predicted octanol–water partition coefficient (Wildman–Crippen LogP) is 4.19. The molecule has 0 aliphatic heterocycles. The van der Waals surface area contributed by atoms with Crippen molar-refractivity contribution in [2.45, 2.75) is 0 Å². The van der Waals surface area contributed by atoms with Gasteiger partial charge in [-0.05, 0) is 29.7 Å². The van der Waals surface area contributed by atoms with Crippen LogP contribution in [0.5, 0.6) is 5.75 Å². The van der Waals surface area contributed by atoms with E-state index in [2.05, 4.69) is 33.5 Å². The third-order valence-corrected chi connectivity index (χ3v) is 4.17. The number of benzene rings is 2. The minimum atomic E-state index is 0.726. The second-order valence-corrected chi connectivity index (χ2v) is 5.74. The molecule has 2 heterocycles. The van der Waals surface area contributed by atoms with Crippen molar-refractivity contribution in [3.63, 3.8) is 0 Å². The summed E-state index contributed by atoms with van der Waals surface area (Å²) in [4.78, 5) is 8.75. The third-order valence-electron chi connectivity index (χ3n) is 4.17. The van der Waals surface area contributed by atoms with E-state index in [9.17, 15) is 0 Å². The Labute approximate surface area is 145 Å². The van der Waals surface area contributed by atoms with Gasteiger partial charge in [0, 0.05) is 24.2 Å². The van der Waals surface area contributed by atoms with Gasteiger partial charge in [-0.15, -0.1) is 0 Å². The molecule has 0 aliphatic carbocycles. The molecule has 0 atom stereocenters. The molecule has 1 radical (unpaired) electrons. The smallest absolute Gasteiger partial charge is 0.142 e. The van der Waals surface area contributed by atoms with E-state index in [0.29, 0.717) is 0 Å². The van der Waals surface area contributed by atoms with Crippen molar-refractivity contribution in [2.75, 3.05) is 12.4 Å². The maximum absolute atomic E-state index is 5.37. The van der Waals surface area contributed by atoms with E-state index < -0.39 is 0 Å². The number of rotatable bonds is 4. The molecule has 0 saturated heterocycles. The normalized spacial score (nSPS) is 10.8. The molecule has 2 aromatic carbocycles. The molecule has 123 valence electrons. The zero-order chi connectivity index (χ0) is 17.2. The van der Waals surface area contributed by atoms with Gasteiger partial charge in [-0.1, -0.05) is 24.3 Å². The second kappa shape index (κ2) is 6.28. The number of hydrogen-bond donors (Lipinski definition) is 1. The van der Waals surface area contributed by atoms with E-state index in [4.69, 9.17) is 4.74 Å². The molecule has 5 heteroatoms. The fraction of sp³-hybridized carbons (Fsp3) is 0.100. The standard InChI is InChI=1S/C20H17N4O/c1-24-13-21-12-18(24)15-7-5-6-14-11-22-20(10-16(14)15)23-17-8-3-4-9-19(17)25-2/h3,5-13H,1-2H3,(H,22,23). The lowest BCUT2D eigenvalue weighted by Gasteiger charge is -2.12. The van der Waals surface area contributed by atoms with Gasteiger partial charge in [0.15, 0.2) is 0 Å². The summed E-state index contributed by atoms with van der Waals surface area (Å²) in [6, 6.07) is 16.8. The largest absolute Gasteiger partial charge is 0.495 e. The molecule has 2 aromatic heterocycles. The van der Waals surface area contributed by atoms with Crippen LogP contribution in [-0.2, 0) is 7.05 Å². The van der Waals surface area contributed by atoms with Crippen LogP contribution in [0.2, 0.25) is 0 Å². The minimum Gasteiger partial charge on any atom is -0.495 e. The summed E-state index contributed by atoms with van der Waals surface area (Å²) in [7, 11) is 3.63. The van der Waals surface area contributed by atoms with Crippen molar-refractivity contribution < 1.29 is 4.74 Å². The summed E-state index contributed by atoms with van der Waals surface area (Å²) in [5.74, 6) is 1.48. The van der Waals surface area contributed by atoms with Gasteiger partial charge in [-0.25, -0.2) is 9.97 Å². The fourth-order valence-corrected chi connectivity index (χ4v) is 2.90. The van der Waals surface area contributed by atoms with Gasteiger partial charge in [0.05, 0.1) is 31.0 Å². The summed E-state index contributed by atoms with van der Waals surface area (Å²) in [6.45, 7) is 0. The lowest BCUT2D eigenvalue weighted by Crippen LogP contribution is -1.97. The topological polar surface area (TPSA) is 52.0 Å². The number of methoxy groups -OCH3 is 1. The van der Waals surface area contributed by atoms with Gasteiger partial charge in [-0.3, -0.25) is 0 Å². The van der Waals surface area contributed by atoms with Crippen molar-refractivity contribution in [2.24, 2.45) is 7.05 Å². The zero-order valence-corrected chi connectivity index (χ0v) is 14.0. The molecule has 0 bridgehead atoms. The Balaban J connectivity index is 1.81. The molecule has 25 heavy (non-hydrogen) atoms.